The number of nitrogens with one attached hydrogen (secondary N) is 2. The van der Waals surface area contributed by atoms with E-state index in [-0.39, 0.29) is 0 Å². The highest BCUT2D eigenvalue weighted by Gasteiger charge is 2.11. The lowest BCUT2D eigenvalue weighted by Crippen LogP contribution is -2.20. The molecule has 24 heavy (non-hydrogen) atoms. The normalized spacial score (nSPS) is 12.7. The van der Waals surface area contributed by atoms with Crippen LogP contribution in [0.15, 0.2) is 58.5 Å². The van der Waals surface area contributed by atoms with Crippen LogP contribution in [0.4, 0.5) is 0 Å². The second kappa shape index (κ2) is 6.71. The quantitative estimate of drug-likeness (QED) is 0.433. The third-order valence-electron chi connectivity index (χ3n) is 4.31. The van der Waals surface area contributed by atoms with Gasteiger partial charge in [0.25, 0.3) is 0 Å². The Morgan fingerprint density at radius 1 is 0.708 bits per heavy atom. The monoisotopic (exact) mass is 318 g/mol. The Bertz CT molecular complexity index is 879. The molecule has 0 unspecified atom stereocenters. The van der Waals surface area contributed by atoms with Gasteiger partial charge in [-0.1, -0.05) is 36.4 Å². The first kappa shape index (κ1) is 16.0. The Morgan fingerprint density at radius 2 is 1.17 bits per heavy atom. The first-order valence-electron chi connectivity index (χ1n) is 7.98. The summed E-state index contributed by atoms with van der Waals surface area (Å²) in [5.74, 6) is 1.77. The topological polar surface area (TPSA) is 48.8 Å². The maximum absolute atomic E-state index is 4.37. The van der Waals surface area contributed by atoms with Crippen LogP contribution in [0.2, 0.25) is 0 Å². The van der Waals surface area contributed by atoms with Crippen molar-refractivity contribution < 1.29 is 0 Å². The second-order valence-electron chi connectivity index (χ2n) is 5.55. The lowest BCUT2D eigenvalue weighted by molar-refractivity contribution is 1.15. The van der Waals surface area contributed by atoms with Crippen molar-refractivity contribution in [2.24, 2.45) is 9.98 Å². The fourth-order valence-electron chi connectivity index (χ4n) is 3.20. The Morgan fingerprint density at radius 3 is 1.54 bits per heavy atom. The molecule has 0 aliphatic heterocycles. The van der Waals surface area contributed by atoms with Gasteiger partial charge in [0.15, 0.2) is 0 Å². The third kappa shape index (κ3) is 2.60. The molecule has 3 aromatic carbocycles. The van der Waals surface area contributed by atoms with E-state index >= 15 is 0 Å². The van der Waals surface area contributed by atoms with Crippen LogP contribution in [0.5, 0.6) is 0 Å². The molecule has 0 saturated carbocycles. The molecule has 0 radical (unpaired) electrons. The first-order valence-corrected chi connectivity index (χ1v) is 7.98. The number of hydrogen-bond donors (Lipinski definition) is 2. The minimum atomic E-state index is 0.885. The van der Waals surface area contributed by atoms with E-state index in [2.05, 4.69) is 69.1 Å². The molecule has 0 spiro atoms. The zero-order chi connectivity index (χ0) is 17.1. The van der Waals surface area contributed by atoms with Gasteiger partial charge in [0.2, 0.25) is 0 Å². The van der Waals surface area contributed by atoms with Gasteiger partial charge in [-0.25, -0.2) is 0 Å². The Kier molecular flexibility index (Phi) is 4.47. The molecule has 0 aliphatic rings. The Hall–Kier alpha value is -2.88. The van der Waals surface area contributed by atoms with Crippen molar-refractivity contribution in [1.29, 1.82) is 0 Å². The molecule has 0 aromatic heterocycles. The van der Waals surface area contributed by atoms with Gasteiger partial charge in [-0.3, -0.25) is 9.98 Å². The van der Waals surface area contributed by atoms with Crippen LogP contribution in [0, 0.1) is 0 Å². The molecule has 0 bridgehead atoms. The van der Waals surface area contributed by atoms with Gasteiger partial charge >= 0.3 is 0 Å². The fraction of sp³-hybridized carbons (Fsp3) is 0.200. The Labute approximate surface area is 142 Å². The number of amidine groups is 2. The molecule has 3 rings (SSSR count). The molecule has 122 valence electrons. The van der Waals surface area contributed by atoms with E-state index in [1.165, 1.54) is 21.5 Å². The van der Waals surface area contributed by atoms with Gasteiger partial charge in [0.05, 0.1) is 0 Å². The van der Waals surface area contributed by atoms with Gasteiger partial charge in [0, 0.05) is 39.3 Å². The smallest absolute Gasteiger partial charge is 0.128 e. The highest BCUT2D eigenvalue weighted by molar-refractivity contribution is 6.16. The van der Waals surface area contributed by atoms with Crippen LogP contribution in [-0.2, 0) is 0 Å². The summed E-state index contributed by atoms with van der Waals surface area (Å²) in [5, 5.41) is 11.1. The predicted octanol–water partition coefficient (Wildman–Crippen LogP) is 3.18. The number of rotatable bonds is 2. The predicted molar refractivity (Wildman–Crippen MR) is 104 cm³/mol. The molecule has 4 heteroatoms. The molecular weight excluding hydrogens is 296 g/mol. The molecule has 2 N–H and O–H groups in total. The zero-order valence-electron chi connectivity index (χ0n) is 14.5. The number of benzene rings is 3. The van der Waals surface area contributed by atoms with Gasteiger partial charge in [-0.15, -0.1) is 0 Å². The van der Waals surface area contributed by atoms with Crippen LogP contribution >= 0.6 is 0 Å². The second-order valence-corrected chi connectivity index (χ2v) is 5.55. The third-order valence-corrected chi connectivity index (χ3v) is 4.31. The molecule has 0 amide bonds. The average Bonchev–Trinajstić information content (AvgIpc) is 2.62. The maximum atomic E-state index is 4.37. The summed E-state index contributed by atoms with van der Waals surface area (Å²) in [6.07, 6.45) is 0. The van der Waals surface area contributed by atoms with Crippen LogP contribution < -0.4 is 10.6 Å². The van der Waals surface area contributed by atoms with Crippen LogP contribution in [0.25, 0.3) is 21.5 Å². The van der Waals surface area contributed by atoms with Crippen molar-refractivity contribution in [1.82, 2.24) is 10.6 Å². The van der Waals surface area contributed by atoms with E-state index in [4.69, 9.17) is 0 Å². The number of hydrogen-bond acceptors (Lipinski definition) is 2. The highest BCUT2D eigenvalue weighted by Crippen LogP contribution is 2.28. The van der Waals surface area contributed by atoms with E-state index in [0.29, 0.717) is 0 Å². The lowest BCUT2D eigenvalue weighted by atomic mass is 9.96. The molecule has 0 aliphatic carbocycles. The summed E-state index contributed by atoms with van der Waals surface area (Å²) in [7, 11) is 7.41. The molecule has 0 fully saturated rings. The summed E-state index contributed by atoms with van der Waals surface area (Å²) < 4.78 is 0. The van der Waals surface area contributed by atoms with E-state index in [1.54, 1.807) is 14.1 Å². The minimum Gasteiger partial charge on any atom is -0.373 e. The molecule has 0 heterocycles. The molecule has 0 atom stereocenters. The van der Waals surface area contributed by atoms with Crippen molar-refractivity contribution in [3.8, 4) is 0 Å². The van der Waals surface area contributed by atoms with Gasteiger partial charge in [-0.05, 0) is 33.7 Å². The van der Waals surface area contributed by atoms with E-state index in [9.17, 15) is 0 Å². The SMILES string of the molecule is CN=C(NC)c1cccc2cc3cccc(C(=NC)NC)c3cc12. The lowest BCUT2D eigenvalue weighted by Gasteiger charge is -2.13. The van der Waals surface area contributed by atoms with Gasteiger partial charge in [-0.2, -0.15) is 0 Å². The minimum absolute atomic E-state index is 0.885. The summed E-state index contributed by atoms with van der Waals surface area (Å²) in [4.78, 5) is 8.73. The van der Waals surface area contributed by atoms with Crippen molar-refractivity contribution >= 4 is 33.2 Å². The van der Waals surface area contributed by atoms with E-state index < -0.39 is 0 Å². The summed E-state index contributed by atoms with van der Waals surface area (Å²) in [6, 6.07) is 17.1. The van der Waals surface area contributed by atoms with Crippen molar-refractivity contribution in [3.63, 3.8) is 0 Å². The van der Waals surface area contributed by atoms with Crippen LogP contribution in [0.1, 0.15) is 11.1 Å². The molecular formula is C20H22N4. The summed E-state index contributed by atoms with van der Waals surface area (Å²) in [5.41, 5.74) is 2.21. The van der Waals surface area contributed by atoms with Gasteiger partial charge in [0.1, 0.15) is 11.7 Å². The standard InChI is InChI=1S/C20H22N4/c1-21-19(22-2)15-9-5-7-13-11-14-8-6-10-16(20(23-3)24-4)18(14)12-17(13)15/h5-12H,1-4H3,(H,21,22)(H,23,24). The first-order chi connectivity index (χ1) is 11.7. The fourth-order valence-corrected chi connectivity index (χ4v) is 3.20. The van der Waals surface area contributed by atoms with Gasteiger partial charge < -0.3 is 10.6 Å². The van der Waals surface area contributed by atoms with E-state index in [1.807, 2.05) is 14.1 Å². The highest BCUT2D eigenvalue weighted by atomic mass is 15.0. The summed E-state index contributed by atoms with van der Waals surface area (Å²) >= 11 is 0. The molecule has 0 saturated heterocycles. The summed E-state index contributed by atoms with van der Waals surface area (Å²) in [6.45, 7) is 0. The van der Waals surface area contributed by atoms with Crippen LogP contribution in [-0.4, -0.2) is 39.9 Å². The van der Waals surface area contributed by atoms with E-state index in [0.717, 1.165) is 22.8 Å². The van der Waals surface area contributed by atoms with Crippen LogP contribution in [0.3, 0.4) is 0 Å². The number of fused-ring (bicyclic) bond motifs is 2. The average molecular weight is 318 g/mol. The number of aliphatic imine (C=N–C) groups is 2. The van der Waals surface area contributed by atoms with Crippen molar-refractivity contribution in [2.75, 3.05) is 28.2 Å². The van der Waals surface area contributed by atoms with Crippen molar-refractivity contribution in [3.05, 3.63) is 59.7 Å². The molecule has 4 nitrogen and oxygen atoms in total. The van der Waals surface area contributed by atoms with Crippen molar-refractivity contribution in [2.45, 2.75) is 0 Å². The largest absolute Gasteiger partial charge is 0.373 e. The molecule has 3 aromatic rings. The maximum Gasteiger partial charge on any atom is 0.128 e. The Balaban J connectivity index is 2.39. The number of nitrogens with zero attached hydrogens (tertiary/aromatic N) is 2. The zero-order valence-corrected chi connectivity index (χ0v) is 14.5.